The van der Waals surface area contributed by atoms with Crippen molar-refractivity contribution in [2.75, 3.05) is 26.0 Å². The van der Waals surface area contributed by atoms with Gasteiger partial charge in [0.2, 0.25) is 0 Å². The van der Waals surface area contributed by atoms with Crippen molar-refractivity contribution in [2.45, 2.75) is 32.6 Å². The normalized spacial score (nSPS) is 11.7. The van der Waals surface area contributed by atoms with E-state index in [2.05, 4.69) is 5.32 Å². The zero-order valence-corrected chi connectivity index (χ0v) is 14.0. The Hall–Kier alpha value is -1.27. The lowest BCUT2D eigenvalue weighted by Crippen LogP contribution is -2.22. The minimum atomic E-state index is -3.09. The van der Waals surface area contributed by atoms with Crippen LogP contribution in [-0.2, 0) is 16.4 Å². The molecule has 1 N–H and O–H groups in total. The van der Waals surface area contributed by atoms with Crippen LogP contribution >= 0.6 is 0 Å². The number of ether oxygens (including phenoxy) is 2. The topological polar surface area (TPSA) is 64.6 Å². The second kappa shape index (κ2) is 8.24. The molecule has 0 fully saturated rings. The van der Waals surface area contributed by atoms with Gasteiger partial charge in [0.15, 0.2) is 9.84 Å². The molecule has 6 heteroatoms. The van der Waals surface area contributed by atoms with E-state index in [0.717, 1.165) is 12.1 Å². The maximum absolute atomic E-state index is 11.8. The Bertz CT molecular complexity index is 541. The summed E-state index contributed by atoms with van der Waals surface area (Å²) in [6, 6.07) is 5.58. The average Bonchev–Trinajstić information content (AvgIpc) is 2.45. The third-order valence-corrected chi connectivity index (χ3v) is 5.36. The molecule has 1 rings (SSSR count). The van der Waals surface area contributed by atoms with Crippen LogP contribution in [0.25, 0.3) is 0 Å². The quantitative estimate of drug-likeness (QED) is 0.755. The van der Waals surface area contributed by atoms with Crippen LogP contribution in [0.2, 0.25) is 0 Å². The molecule has 0 atom stereocenters. The first kappa shape index (κ1) is 17.8. The number of rotatable bonds is 9. The van der Waals surface area contributed by atoms with E-state index < -0.39 is 9.84 Å². The monoisotopic (exact) mass is 315 g/mol. The van der Waals surface area contributed by atoms with E-state index in [0.29, 0.717) is 18.0 Å². The number of sulfone groups is 1. The predicted molar refractivity (Wildman–Crippen MR) is 84.8 cm³/mol. The summed E-state index contributed by atoms with van der Waals surface area (Å²) in [6.07, 6.45) is 0. The van der Waals surface area contributed by atoms with E-state index in [4.69, 9.17) is 9.47 Å². The number of methoxy groups -OCH3 is 1. The van der Waals surface area contributed by atoms with Crippen LogP contribution in [0.1, 0.15) is 26.3 Å². The first-order valence-electron chi connectivity index (χ1n) is 7.12. The summed E-state index contributed by atoms with van der Waals surface area (Å²) in [5, 5.41) is 2.85. The van der Waals surface area contributed by atoms with Gasteiger partial charge < -0.3 is 14.8 Å². The van der Waals surface area contributed by atoms with E-state index in [1.165, 1.54) is 0 Å². The Morgan fingerprint density at radius 1 is 1.29 bits per heavy atom. The third kappa shape index (κ3) is 5.55. The van der Waals surface area contributed by atoms with Gasteiger partial charge >= 0.3 is 0 Å². The fourth-order valence-electron chi connectivity index (χ4n) is 1.71. The van der Waals surface area contributed by atoms with Crippen molar-refractivity contribution in [3.63, 3.8) is 0 Å². The zero-order valence-electron chi connectivity index (χ0n) is 13.2. The van der Waals surface area contributed by atoms with E-state index in [1.807, 2.05) is 19.1 Å². The molecule has 0 heterocycles. The second-order valence-electron chi connectivity index (χ2n) is 5.02. The van der Waals surface area contributed by atoms with Crippen LogP contribution in [0.15, 0.2) is 18.2 Å². The fourth-order valence-corrected chi connectivity index (χ4v) is 2.49. The molecule has 0 bridgehead atoms. The zero-order chi connectivity index (χ0) is 15.9. The van der Waals surface area contributed by atoms with Gasteiger partial charge in [0.1, 0.15) is 18.1 Å². The highest BCUT2D eigenvalue weighted by Crippen LogP contribution is 2.25. The summed E-state index contributed by atoms with van der Waals surface area (Å²) in [5.41, 5.74) is 0.986. The van der Waals surface area contributed by atoms with Crippen molar-refractivity contribution in [3.05, 3.63) is 23.8 Å². The molecule has 0 aromatic heterocycles. The lowest BCUT2D eigenvalue weighted by molar-refractivity contribution is 0.332. The van der Waals surface area contributed by atoms with Crippen molar-refractivity contribution >= 4 is 9.84 Å². The Balaban J connectivity index is 2.75. The highest BCUT2D eigenvalue weighted by molar-refractivity contribution is 7.91. The lowest BCUT2D eigenvalue weighted by Gasteiger charge is -2.14. The van der Waals surface area contributed by atoms with Crippen molar-refractivity contribution in [2.24, 2.45) is 0 Å². The lowest BCUT2D eigenvalue weighted by atomic mass is 10.2. The van der Waals surface area contributed by atoms with Crippen LogP contribution in [0.4, 0.5) is 0 Å². The number of hydrogen-bond acceptors (Lipinski definition) is 5. The molecule has 5 nitrogen and oxygen atoms in total. The van der Waals surface area contributed by atoms with Gasteiger partial charge in [0, 0.05) is 18.2 Å². The van der Waals surface area contributed by atoms with Gasteiger partial charge in [-0.3, -0.25) is 0 Å². The Kier molecular flexibility index (Phi) is 6.98. The molecule has 0 aliphatic carbocycles. The molecule has 1 aromatic rings. The summed E-state index contributed by atoms with van der Waals surface area (Å²) in [5.74, 6) is 1.37. The smallest absolute Gasteiger partial charge is 0.155 e. The molecule has 0 radical (unpaired) electrons. The fraction of sp³-hybridized carbons (Fsp3) is 0.600. The van der Waals surface area contributed by atoms with Crippen LogP contribution in [-0.4, -0.2) is 39.7 Å². The standard InChI is InChI=1S/C15H25NO4S/c1-5-16-11-13-6-7-14(19-4)10-15(13)20-8-9-21(17,18)12(2)3/h6-7,10,12,16H,5,8-9,11H2,1-4H3. The maximum Gasteiger partial charge on any atom is 0.155 e. The Morgan fingerprint density at radius 2 is 2.00 bits per heavy atom. The molecule has 0 amide bonds. The molecular formula is C15H25NO4S. The summed E-state index contributed by atoms with van der Waals surface area (Å²) < 4.78 is 34.4. The predicted octanol–water partition coefficient (Wildman–Crippen LogP) is 2.01. The Labute approximate surface area is 127 Å². The first-order valence-corrected chi connectivity index (χ1v) is 8.84. The number of nitrogens with one attached hydrogen (secondary N) is 1. The third-order valence-electron chi connectivity index (χ3n) is 3.18. The molecule has 0 saturated carbocycles. The minimum absolute atomic E-state index is 0.0164. The molecule has 0 aliphatic heterocycles. The van der Waals surface area contributed by atoms with Gasteiger partial charge in [-0.2, -0.15) is 0 Å². The number of benzene rings is 1. The summed E-state index contributed by atoms with van der Waals surface area (Å²) in [6.45, 7) is 7.06. The maximum atomic E-state index is 11.8. The van der Waals surface area contributed by atoms with Crippen LogP contribution < -0.4 is 14.8 Å². The molecular weight excluding hydrogens is 290 g/mol. The molecule has 0 spiro atoms. The SMILES string of the molecule is CCNCc1ccc(OC)cc1OCCS(=O)(=O)C(C)C. The highest BCUT2D eigenvalue weighted by Gasteiger charge is 2.16. The minimum Gasteiger partial charge on any atom is -0.497 e. The summed E-state index contributed by atoms with van der Waals surface area (Å²) >= 11 is 0. The number of hydrogen-bond donors (Lipinski definition) is 1. The van der Waals surface area contributed by atoms with E-state index >= 15 is 0 Å². The van der Waals surface area contributed by atoms with Gasteiger partial charge in [-0.1, -0.05) is 13.0 Å². The van der Waals surface area contributed by atoms with Crippen molar-refractivity contribution < 1.29 is 17.9 Å². The van der Waals surface area contributed by atoms with Crippen LogP contribution in [0.3, 0.4) is 0 Å². The van der Waals surface area contributed by atoms with Gasteiger partial charge in [0.25, 0.3) is 0 Å². The average molecular weight is 315 g/mol. The van der Waals surface area contributed by atoms with Gasteiger partial charge in [-0.05, 0) is 26.5 Å². The molecule has 0 aliphatic rings. The van der Waals surface area contributed by atoms with E-state index in [1.54, 1.807) is 27.0 Å². The first-order chi connectivity index (χ1) is 9.90. The highest BCUT2D eigenvalue weighted by atomic mass is 32.2. The molecule has 0 unspecified atom stereocenters. The second-order valence-corrected chi connectivity index (χ2v) is 7.69. The molecule has 0 saturated heterocycles. The molecule has 21 heavy (non-hydrogen) atoms. The Morgan fingerprint density at radius 3 is 2.57 bits per heavy atom. The molecule has 120 valence electrons. The van der Waals surface area contributed by atoms with Gasteiger partial charge in [0.05, 0.1) is 18.1 Å². The van der Waals surface area contributed by atoms with Gasteiger partial charge in [-0.15, -0.1) is 0 Å². The van der Waals surface area contributed by atoms with E-state index in [-0.39, 0.29) is 17.6 Å². The van der Waals surface area contributed by atoms with Crippen molar-refractivity contribution in [1.29, 1.82) is 0 Å². The van der Waals surface area contributed by atoms with Gasteiger partial charge in [-0.25, -0.2) is 8.42 Å². The van der Waals surface area contributed by atoms with Crippen molar-refractivity contribution in [3.8, 4) is 11.5 Å². The summed E-state index contributed by atoms with van der Waals surface area (Å²) in [7, 11) is -1.50. The van der Waals surface area contributed by atoms with Crippen molar-refractivity contribution in [1.82, 2.24) is 5.32 Å². The van der Waals surface area contributed by atoms with E-state index in [9.17, 15) is 8.42 Å². The summed E-state index contributed by atoms with van der Waals surface area (Å²) in [4.78, 5) is 0. The largest absolute Gasteiger partial charge is 0.497 e. The van der Waals surface area contributed by atoms with Crippen LogP contribution in [0.5, 0.6) is 11.5 Å². The molecule has 1 aromatic carbocycles. The van der Waals surface area contributed by atoms with Crippen LogP contribution in [0, 0.1) is 0 Å².